The van der Waals surface area contributed by atoms with Crippen LogP contribution in [0.4, 0.5) is 0 Å². The lowest BCUT2D eigenvalue weighted by Crippen LogP contribution is -2.24. The summed E-state index contributed by atoms with van der Waals surface area (Å²) in [6, 6.07) is 20.6. The van der Waals surface area contributed by atoms with Crippen molar-refractivity contribution in [3.05, 3.63) is 89.2 Å². The maximum atomic E-state index is 5.95. The summed E-state index contributed by atoms with van der Waals surface area (Å²) in [5, 5.41) is 8.13. The molecule has 0 amide bonds. The summed E-state index contributed by atoms with van der Waals surface area (Å²) in [7, 11) is 0. The van der Waals surface area contributed by atoms with Gasteiger partial charge in [0, 0.05) is 11.1 Å². The Labute approximate surface area is 207 Å². The predicted octanol–water partition coefficient (Wildman–Crippen LogP) is 2.57. The number of pyridine rings is 1. The van der Waals surface area contributed by atoms with Gasteiger partial charge in [0.15, 0.2) is 10.2 Å². The molecule has 0 unspecified atom stereocenters. The van der Waals surface area contributed by atoms with E-state index < -0.39 is 0 Å². The topological polar surface area (TPSA) is 132 Å². The number of hydrogen-bond acceptors (Lipinski definition) is 7. The molecule has 3 aromatic rings. The van der Waals surface area contributed by atoms with Gasteiger partial charge in [-0.15, -0.1) is 0 Å². The van der Waals surface area contributed by atoms with Crippen molar-refractivity contribution in [2.45, 2.75) is 13.2 Å². The fourth-order valence-corrected chi connectivity index (χ4v) is 2.87. The SMILES string of the molecule is NC(=S)N/N=C/c1ccccc1OCc1cccc(COc2ccccc2/C=N/NC(N)=S)n1. The van der Waals surface area contributed by atoms with Crippen LogP contribution in [-0.2, 0) is 13.2 Å². The Morgan fingerprint density at radius 3 is 1.62 bits per heavy atom. The van der Waals surface area contributed by atoms with Crippen LogP contribution in [0.2, 0.25) is 0 Å². The molecule has 3 rings (SSSR count). The van der Waals surface area contributed by atoms with Gasteiger partial charge >= 0.3 is 0 Å². The normalized spacial score (nSPS) is 10.8. The van der Waals surface area contributed by atoms with Crippen LogP contribution in [0.3, 0.4) is 0 Å². The molecular formula is C23H23N7O2S2. The summed E-state index contributed by atoms with van der Waals surface area (Å²) in [6.07, 6.45) is 3.17. The van der Waals surface area contributed by atoms with Crippen LogP contribution < -0.4 is 31.8 Å². The van der Waals surface area contributed by atoms with Crippen LogP contribution >= 0.6 is 24.4 Å². The largest absolute Gasteiger partial charge is 0.487 e. The quantitative estimate of drug-likeness (QED) is 0.191. The highest BCUT2D eigenvalue weighted by molar-refractivity contribution is 7.80. The zero-order chi connectivity index (χ0) is 24.2. The van der Waals surface area contributed by atoms with E-state index in [2.05, 4.69) is 26.0 Å². The molecule has 34 heavy (non-hydrogen) atoms. The molecule has 0 saturated carbocycles. The number of rotatable bonds is 10. The molecule has 1 aromatic heterocycles. The second-order valence-electron chi connectivity index (χ2n) is 6.74. The van der Waals surface area contributed by atoms with Gasteiger partial charge in [0.1, 0.15) is 24.7 Å². The minimum absolute atomic E-state index is 0.0871. The standard InChI is InChI=1S/C23H23N7O2S2/c24-22(33)29-26-12-16-6-1-3-10-20(16)31-14-18-8-5-9-19(28-18)15-32-21-11-4-2-7-17(21)13-27-30-23(25)34/h1-13H,14-15H2,(H3,24,29,33)(H3,25,30,34)/b26-12+,27-13+. The smallest absolute Gasteiger partial charge is 0.184 e. The summed E-state index contributed by atoms with van der Waals surface area (Å²) in [4.78, 5) is 4.62. The Morgan fingerprint density at radius 2 is 1.18 bits per heavy atom. The molecule has 0 aliphatic rings. The van der Waals surface area contributed by atoms with Crippen molar-refractivity contribution in [3.63, 3.8) is 0 Å². The maximum absolute atomic E-state index is 5.95. The van der Waals surface area contributed by atoms with Gasteiger partial charge < -0.3 is 20.9 Å². The van der Waals surface area contributed by atoms with Gasteiger partial charge in [0.25, 0.3) is 0 Å². The van der Waals surface area contributed by atoms with E-state index in [0.717, 1.165) is 22.5 Å². The second kappa shape index (κ2) is 12.8. The van der Waals surface area contributed by atoms with Crippen molar-refractivity contribution in [1.82, 2.24) is 15.8 Å². The van der Waals surface area contributed by atoms with Crippen molar-refractivity contribution >= 4 is 47.1 Å². The van der Waals surface area contributed by atoms with Crippen molar-refractivity contribution in [1.29, 1.82) is 0 Å². The Balaban J connectivity index is 1.62. The number of nitrogens with one attached hydrogen (secondary N) is 2. The van der Waals surface area contributed by atoms with E-state index in [0.29, 0.717) is 11.5 Å². The molecule has 0 atom stereocenters. The monoisotopic (exact) mass is 493 g/mol. The molecule has 9 nitrogen and oxygen atoms in total. The van der Waals surface area contributed by atoms with E-state index in [4.69, 9.17) is 45.4 Å². The summed E-state index contributed by atoms with van der Waals surface area (Å²) < 4.78 is 11.9. The number of hydrogen-bond donors (Lipinski definition) is 4. The lowest BCUT2D eigenvalue weighted by atomic mass is 10.2. The average molecular weight is 494 g/mol. The lowest BCUT2D eigenvalue weighted by Gasteiger charge is -2.11. The molecule has 6 N–H and O–H groups in total. The molecule has 0 aliphatic heterocycles. The zero-order valence-electron chi connectivity index (χ0n) is 18.0. The van der Waals surface area contributed by atoms with Gasteiger partial charge in [-0.1, -0.05) is 30.3 Å². The number of aromatic nitrogens is 1. The Hall–Kier alpha value is -4.09. The predicted molar refractivity (Wildman–Crippen MR) is 141 cm³/mol. The van der Waals surface area contributed by atoms with Gasteiger partial charge in [-0.25, -0.2) is 0 Å². The Kier molecular flexibility index (Phi) is 9.26. The van der Waals surface area contributed by atoms with Gasteiger partial charge in [-0.3, -0.25) is 15.8 Å². The molecule has 0 spiro atoms. The van der Waals surface area contributed by atoms with Crippen LogP contribution in [0.15, 0.2) is 76.9 Å². The fourth-order valence-electron chi connectivity index (χ4n) is 2.76. The average Bonchev–Trinajstić information content (AvgIpc) is 2.83. The van der Waals surface area contributed by atoms with E-state index in [1.807, 2.05) is 66.7 Å². The molecule has 174 valence electrons. The maximum Gasteiger partial charge on any atom is 0.184 e. The fraction of sp³-hybridized carbons (Fsp3) is 0.0870. The highest BCUT2D eigenvalue weighted by atomic mass is 32.1. The van der Waals surface area contributed by atoms with Crippen molar-refractivity contribution in [2.75, 3.05) is 0 Å². The Morgan fingerprint density at radius 1 is 0.735 bits per heavy atom. The lowest BCUT2D eigenvalue weighted by molar-refractivity contribution is 0.290. The molecular weight excluding hydrogens is 470 g/mol. The van der Waals surface area contributed by atoms with E-state index in [9.17, 15) is 0 Å². The van der Waals surface area contributed by atoms with E-state index in [1.165, 1.54) is 0 Å². The highest BCUT2D eigenvalue weighted by Gasteiger charge is 2.06. The number of hydrazone groups is 2. The molecule has 0 fully saturated rings. The van der Waals surface area contributed by atoms with Crippen LogP contribution in [0.5, 0.6) is 11.5 Å². The number of nitrogens with two attached hydrogens (primary N) is 2. The summed E-state index contributed by atoms with van der Waals surface area (Å²) in [5.41, 5.74) is 18.9. The molecule has 0 radical (unpaired) electrons. The second-order valence-corrected chi connectivity index (χ2v) is 7.62. The third-order valence-corrected chi connectivity index (χ3v) is 4.39. The van der Waals surface area contributed by atoms with Crippen LogP contribution in [0, 0.1) is 0 Å². The molecule has 0 bridgehead atoms. The van der Waals surface area contributed by atoms with E-state index in [1.54, 1.807) is 12.4 Å². The first kappa shape index (κ1) is 24.6. The minimum Gasteiger partial charge on any atom is -0.487 e. The molecule has 0 aliphatic carbocycles. The first-order valence-corrected chi connectivity index (χ1v) is 10.9. The number of benzene rings is 2. The van der Waals surface area contributed by atoms with Gasteiger partial charge in [-0.2, -0.15) is 10.2 Å². The van der Waals surface area contributed by atoms with E-state index in [-0.39, 0.29) is 23.4 Å². The van der Waals surface area contributed by atoms with Crippen LogP contribution in [-0.4, -0.2) is 27.6 Å². The number of para-hydroxylation sites is 2. The molecule has 2 aromatic carbocycles. The first-order valence-electron chi connectivity index (χ1n) is 10.1. The Bertz CT molecular complexity index is 1110. The highest BCUT2D eigenvalue weighted by Crippen LogP contribution is 2.19. The van der Waals surface area contributed by atoms with Gasteiger partial charge in [-0.05, 0) is 60.8 Å². The summed E-state index contributed by atoms with van der Waals surface area (Å²) in [5.74, 6) is 1.30. The number of thiocarbonyl (C=S) groups is 2. The van der Waals surface area contributed by atoms with Crippen LogP contribution in [0.1, 0.15) is 22.5 Å². The van der Waals surface area contributed by atoms with E-state index >= 15 is 0 Å². The van der Waals surface area contributed by atoms with Crippen molar-refractivity contribution in [3.8, 4) is 11.5 Å². The minimum atomic E-state index is 0.0871. The zero-order valence-corrected chi connectivity index (χ0v) is 19.7. The summed E-state index contributed by atoms with van der Waals surface area (Å²) >= 11 is 9.49. The number of nitrogens with zero attached hydrogens (tertiary/aromatic N) is 3. The molecule has 0 saturated heterocycles. The third-order valence-electron chi connectivity index (χ3n) is 4.21. The van der Waals surface area contributed by atoms with Crippen molar-refractivity contribution < 1.29 is 9.47 Å². The third kappa shape index (κ3) is 8.11. The number of ether oxygens (including phenoxy) is 2. The summed E-state index contributed by atoms with van der Waals surface area (Å²) in [6.45, 7) is 0.546. The van der Waals surface area contributed by atoms with Crippen molar-refractivity contribution in [2.24, 2.45) is 21.7 Å². The molecule has 1 heterocycles. The van der Waals surface area contributed by atoms with Crippen LogP contribution in [0.25, 0.3) is 0 Å². The first-order chi connectivity index (χ1) is 16.5. The van der Waals surface area contributed by atoms with Gasteiger partial charge in [0.2, 0.25) is 0 Å². The van der Waals surface area contributed by atoms with Gasteiger partial charge in [0.05, 0.1) is 23.8 Å². The molecule has 11 heteroatoms.